The molecule has 0 radical (unpaired) electrons. The minimum Gasteiger partial charge on any atom is -0.481 e. The molecule has 0 amide bonds. The number of carbonyl (C=O) groups is 1. The highest BCUT2D eigenvalue weighted by atomic mass is 32.2. The Bertz CT molecular complexity index is 348. The zero-order chi connectivity index (χ0) is 12.7. The maximum absolute atomic E-state index is 10.5. The van der Waals surface area contributed by atoms with Gasteiger partial charge in [-0.15, -0.1) is 0 Å². The van der Waals surface area contributed by atoms with E-state index in [1.54, 1.807) is 13.3 Å². The summed E-state index contributed by atoms with van der Waals surface area (Å²) in [5.74, 6) is -0.800. The van der Waals surface area contributed by atoms with E-state index in [1.807, 2.05) is 10.8 Å². The van der Waals surface area contributed by atoms with Crippen LogP contribution in [-0.4, -0.2) is 40.1 Å². The van der Waals surface area contributed by atoms with Crippen LogP contribution in [0, 0.1) is 0 Å². The van der Waals surface area contributed by atoms with E-state index < -0.39 is 5.97 Å². The molecule has 1 unspecified atom stereocenters. The quantitative estimate of drug-likeness (QED) is 0.723. The molecule has 0 bridgehead atoms. The van der Waals surface area contributed by atoms with Crippen molar-refractivity contribution in [2.75, 3.05) is 19.5 Å². The second kappa shape index (κ2) is 7.34. The number of carboxylic acids is 1. The van der Waals surface area contributed by atoms with Gasteiger partial charge < -0.3 is 14.4 Å². The predicted molar refractivity (Wildman–Crippen MR) is 66.4 cm³/mol. The van der Waals surface area contributed by atoms with Crippen LogP contribution in [0.4, 0.5) is 0 Å². The molecule has 0 aliphatic carbocycles. The molecule has 0 saturated heterocycles. The highest BCUT2D eigenvalue weighted by Gasteiger charge is 2.14. The van der Waals surface area contributed by atoms with Crippen molar-refractivity contribution in [2.24, 2.45) is 0 Å². The number of ether oxygens (including phenoxy) is 1. The van der Waals surface area contributed by atoms with Crippen LogP contribution in [0.1, 0.15) is 25.8 Å². The summed E-state index contributed by atoms with van der Waals surface area (Å²) in [6.07, 6.45) is 5.62. The fraction of sp³-hybridized carbons (Fsp3) is 0.636. The highest BCUT2D eigenvalue weighted by Crippen LogP contribution is 2.23. The highest BCUT2D eigenvalue weighted by molar-refractivity contribution is 7.99. The van der Waals surface area contributed by atoms with Crippen LogP contribution in [0.25, 0.3) is 0 Å². The number of methoxy groups -OCH3 is 1. The molecular formula is C11H18N2O3S. The van der Waals surface area contributed by atoms with Crippen molar-refractivity contribution in [1.82, 2.24) is 9.55 Å². The van der Waals surface area contributed by atoms with Crippen molar-refractivity contribution < 1.29 is 14.6 Å². The van der Waals surface area contributed by atoms with E-state index in [-0.39, 0.29) is 11.8 Å². The monoisotopic (exact) mass is 258 g/mol. The number of aliphatic carboxylic acids is 1. The molecule has 0 spiro atoms. The minimum absolute atomic E-state index is 0.0306. The van der Waals surface area contributed by atoms with Crippen LogP contribution in [-0.2, 0) is 9.53 Å². The second-order valence-electron chi connectivity index (χ2n) is 3.70. The van der Waals surface area contributed by atoms with E-state index >= 15 is 0 Å². The van der Waals surface area contributed by atoms with Gasteiger partial charge in [-0.3, -0.25) is 4.79 Å². The van der Waals surface area contributed by atoms with Crippen LogP contribution < -0.4 is 0 Å². The lowest BCUT2D eigenvalue weighted by Gasteiger charge is -2.18. The molecule has 6 heteroatoms. The summed E-state index contributed by atoms with van der Waals surface area (Å²) < 4.78 is 7.19. The van der Waals surface area contributed by atoms with Crippen LogP contribution in [0.5, 0.6) is 0 Å². The third-order valence-corrected chi connectivity index (χ3v) is 3.30. The third-order valence-electron chi connectivity index (χ3n) is 2.33. The van der Waals surface area contributed by atoms with Gasteiger partial charge >= 0.3 is 5.97 Å². The lowest BCUT2D eigenvalue weighted by molar-refractivity contribution is -0.133. The molecule has 1 heterocycles. The number of imidazole rings is 1. The number of nitrogens with zero attached hydrogens (tertiary/aromatic N) is 2. The van der Waals surface area contributed by atoms with Crippen LogP contribution >= 0.6 is 11.8 Å². The Morgan fingerprint density at radius 2 is 2.47 bits per heavy atom. The van der Waals surface area contributed by atoms with Crippen LogP contribution in [0.2, 0.25) is 0 Å². The molecular weight excluding hydrogens is 240 g/mol. The van der Waals surface area contributed by atoms with E-state index in [1.165, 1.54) is 11.8 Å². The Morgan fingerprint density at radius 3 is 3.06 bits per heavy atom. The summed E-state index contributed by atoms with van der Waals surface area (Å²) >= 11 is 1.24. The number of hydrogen-bond donors (Lipinski definition) is 1. The van der Waals surface area contributed by atoms with Gasteiger partial charge in [0.25, 0.3) is 0 Å². The first-order chi connectivity index (χ1) is 8.19. The molecule has 1 aromatic rings. The van der Waals surface area contributed by atoms with E-state index in [2.05, 4.69) is 11.9 Å². The van der Waals surface area contributed by atoms with E-state index in [0.717, 1.165) is 18.0 Å². The first-order valence-corrected chi connectivity index (χ1v) is 6.54. The lowest BCUT2D eigenvalue weighted by atomic mass is 10.2. The average Bonchev–Trinajstić information content (AvgIpc) is 2.74. The molecule has 1 atom stereocenters. The molecule has 1 rings (SSSR count). The lowest BCUT2D eigenvalue weighted by Crippen LogP contribution is -2.15. The molecule has 1 N–H and O–H groups in total. The first kappa shape index (κ1) is 14.1. The first-order valence-electron chi connectivity index (χ1n) is 5.55. The molecule has 0 saturated carbocycles. The molecule has 1 aromatic heterocycles. The Balaban J connectivity index is 2.72. The number of carboxylic acid groups (broad SMARTS) is 1. The van der Waals surface area contributed by atoms with Crippen molar-refractivity contribution in [1.29, 1.82) is 0 Å². The van der Waals surface area contributed by atoms with Crippen molar-refractivity contribution in [3.05, 3.63) is 12.4 Å². The summed E-state index contributed by atoms with van der Waals surface area (Å²) in [5, 5.41) is 9.40. The SMILES string of the molecule is CCCC(COC)n1ccnc1SCC(=O)O. The van der Waals surface area contributed by atoms with Gasteiger partial charge in [-0.05, 0) is 6.42 Å². The molecule has 0 aliphatic heterocycles. The summed E-state index contributed by atoms with van der Waals surface area (Å²) in [6.45, 7) is 2.73. The van der Waals surface area contributed by atoms with Gasteiger partial charge in [0.2, 0.25) is 0 Å². The Kier molecular flexibility index (Phi) is 6.07. The molecule has 0 aliphatic rings. The van der Waals surface area contributed by atoms with Crippen molar-refractivity contribution in [3.63, 3.8) is 0 Å². The van der Waals surface area contributed by atoms with Gasteiger partial charge in [-0.2, -0.15) is 0 Å². The van der Waals surface area contributed by atoms with Crippen molar-refractivity contribution >= 4 is 17.7 Å². The topological polar surface area (TPSA) is 64.4 Å². The number of rotatable bonds is 8. The van der Waals surface area contributed by atoms with Gasteiger partial charge in [-0.1, -0.05) is 25.1 Å². The summed E-state index contributed by atoms with van der Waals surface area (Å²) in [5.41, 5.74) is 0. The van der Waals surface area contributed by atoms with E-state index in [9.17, 15) is 4.79 Å². The number of hydrogen-bond acceptors (Lipinski definition) is 4. The molecule has 17 heavy (non-hydrogen) atoms. The van der Waals surface area contributed by atoms with Crippen molar-refractivity contribution in [3.8, 4) is 0 Å². The summed E-state index contributed by atoms with van der Waals surface area (Å²) in [6, 6.07) is 0.226. The number of thioether (sulfide) groups is 1. The third kappa shape index (κ3) is 4.40. The smallest absolute Gasteiger partial charge is 0.313 e. The van der Waals surface area contributed by atoms with Crippen LogP contribution in [0.15, 0.2) is 17.6 Å². The summed E-state index contributed by atoms with van der Waals surface area (Å²) in [7, 11) is 1.67. The molecule has 0 fully saturated rings. The Morgan fingerprint density at radius 1 is 1.71 bits per heavy atom. The molecule has 96 valence electrons. The van der Waals surface area contributed by atoms with Gasteiger partial charge in [0.1, 0.15) is 0 Å². The molecule has 5 nitrogen and oxygen atoms in total. The van der Waals surface area contributed by atoms with Gasteiger partial charge in [0, 0.05) is 19.5 Å². The van der Waals surface area contributed by atoms with Gasteiger partial charge in [-0.25, -0.2) is 4.98 Å². The molecule has 0 aromatic carbocycles. The standard InChI is InChI=1S/C11H18N2O3S/c1-3-4-9(7-16-2)13-6-5-12-11(13)17-8-10(14)15/h5-6,9H,3-4,7-8H2,1-2H3,(H,14,15). The Hall–Kier alpha value is -1.01. The normalized spacial score (nSPS) is 12.6. The van der Waals surface area contributed by atoms with Gasteiger partial charge in [0.05, 0.1) is 18.4 Å². The van der Waals surface area contributed by atoms with E-state index in [4.69, 9.17) is 9.84 Å². The fourth-order valence-electron chi connectivity index (χ4n) is 1.64. The van der Waals surface area contributed by atoms with Gasteiger partial charge in [0.15, 0.2) is 5.16 Å². The average molecular weight is 258 g/mol. The predicted octanol–water partition coefficient (Wildman–Crippen LogP) is 2.05. The number of aromatic nitrogens is 2. The fourth-order valence-corrected chi connectivity index (χ4v) is 2.39. The van der Waals surface area contributed by atoms with E-state index in [0.29, 0.717) is 6.61 Å². The maximum atomic E-state index is 10.5. The summed E-state index contributed by atoms with van der Waals surface area (Å²) in [4.78, 5) is 14.7. The zero-order valence-electron chi connectivity index (χ0n) is 10.1. The van der Waals surface area contributed by atoms with Crippen LogP contribution in [0.3, 0.4) is 0 Å². The Labute approximate surface area is 105 Å². The van der Waals surface area contributed by atoms with Crippen molar-refractivity contribution in [2.45, 2.75) is 31.0 Å². The maximum Gasteiger partial charge on any atom is 0.313 e. The minimum atomic E-state index is -0.830. The zero-order valence-corrected chi connectivity index (χ0v) is 10.9. The largest absolute Gasteiger partial charge is 0.481 e. The second-order valence-corrected chi connectivity index (χ2v) is 4.64.